The second-order valence-electron chi connectivity index (χ2n) is 5.77. The van der Waals surface area contributed by atoms with Gasteiger partial charge in [-0.05, 0) is 18.6 Å². The van der Waals surface area contributed by atoms with Gasteiger partial charge in [0.1, 0.15) is 6.04 Å². The van der Waals surface area contributed by atoms with Crippen LogP contribution < -0.4 is 5.32 Å². The SMILES string of the molecule is CCCCCC[C@H](NC(=O)c1ccnc2ccccc12)C(=O)OC. The second kappa shape index (κ2) is 9.01. The van der Waals surface area contributed by atoms with Crippen molar-refractivity contribution in [1.29, 1.82) is 0 Å². The van der Waals surface area contributed by atoms with Crippen molar-refractivity contribution in [2.75, 3.05) is 7.11 Å². The molecule has 1 atom stereocenters. The number of carbonyl (C=O) groups excluding carboxylic acids is 2. The molecule has 1 heterocycles. The smallest absolute Gasteiger partial charge is 0.328 e. The largest absolute Gasteiger partial charge is 0.467 e. The number of amides is 1. The molecule has 0 aliphatic carbocycles. The molecule has 2 rings (SSSR count). The average molecular weight is 328 g/mol. The van der Waals surface area contributed by atoms with Crippen LogP contribution in [0.25, 0.3) is 10.9 Å². The van der Waals surface area contributed by atoms with Gasteiger partial charge in [0.2, 0.25) is 0 Å². The highest BCUT2D eigenvalue weighted by atomic mass is 16.5. The van der Waals surface area contributed by atoms with E-state index in [9.17, 15) is 9.59 Å². The summed E-state index contributed by atoms with van der Waals surface area (Å²) in [5, 5.41) is 3.58. The van der Waals surface area contributed by atoms with Crippen LogP contribution in [0.5, 0.6) is 0 Å². The molecule has 128 valence electrons. The number of benzene rings is 1. The number of fused-ring (bicyclic) bond motifs is 1. The topological polar surface area (TPSA) is 68.3 Å². The molecular formula is C19H24N2O3. The van der Waals surface area contributed by atoms with E-state index in [1.807, 2.05) is 24.3 Å². The molecule has 0 saturated carbocycles. The van der Waals surface area contributed by atoms with Gasteiger partial charge in [0.05, 0.1) is 18.2 Å². The first-order valence-corrected chi connectivity index (χ1v) is 8.39. The van der Waals surface area contributed by atoms with Crippen molar-refractivity contribution in [2.24, 2.45) is 0 Å². The van der Waals surface area contributed by atoms with E-state index in [0.29, 0.717) is 12.0 Å². The number of pyridine rings is 1. The summed E-state index contributed by atoms with van der Waals surface area (Å²) in [4.78, 5) is 28.8. The molecule has 0 spiro atoms. The molecule has 1 N–H and O–H groups in total. The van der Waals surface area contributed by atoms with Gasteiger partial charge in [0.25, 0.3) is 5.91 Å². The summed E-state index contributed by atoms with van der Waals surface area (Å²) in [5.74, 6) is -0.683. The molecule has 0 aliphatic heterocycles. The van der Waals surface area contributed by atoms with Gasteiger partial charge in [-0.3, -0.25) is 9.78 Å². The van der Waals surface area contributed by atoms with Gasteiger partial charge < -0.3 is 10.1 Å². The Hall–Kier alpha value is -2.43. The van der Waals surface area contributed by atoms with E-state index >= 15 is 0 Å². The van der Waals surface area contributed by atoms with E-state index < -0.39 is 12.0 Å². The third-order valence-electron chi connectivity index (χ3n) is 4.03. The Morgan fingerprint density at radius 2 is 1.96 bits per heavy atom. The summed E-state index contributed by atoms with van der Waals surface area (Å²) in [6.45, 7) is 2.13. The van der Waals surface area contributed by atoms with Gasteiger partial charge in [0, 0.05) is 11.6 Å². The number of methoxy groups -OCH3 is 1. The van der Waals surface area contributed by atoms with Crippen LogP contribution in [-0.4, -0.2) is 30.0 Å². The van der Waals surface area contributed by atoms with E-state index in [1.165, 1.54) is 7.11 Å². The summed E-state index contributed by atoms with van der Waals surface area (Å²) in [5.41, 5.74) is 1.27. The van der Waals surface area contributed by atoms with Gasteiger partial charge in [-0.2, -0.15) is 0 Å². The minimum atomic E-state index is -0.619. The lowest BCUT2D eigenvalue weighted by Crippen LogP contribution is -2.41. The van der Waals surface area contributed by atoms with Gasteiger partial charge >= 0.3 is 5.97 Å². The molecule has 1 aromatic heterocycles. The fourth-order valence-corrected chi connectivity index (χ4v) is 2.70. The summed E-state index contributed by atoms with van der Waals surface area (Å²) in [7, 11) is 1.34. The average Bonchev–Trinajstić information content (AvgIpc) is 2.62. The van der Waals surface area contributed by atoms with Crippen molar-refractivity contribution in [3.63, 3.8) is 0 Å². The highest BCUT2D eigenvalue weighted by molar-refractivity contribution is 6.07. The van der Waals surface area contributed by atoms with Gasteiger partial charge in [-0.25, -0.2) is 4.79 Å². The summed E-state index contributed by atoms with van der Waals surface area (Å²) in [6.07, 6.45) is 6.35. The van der Waals surface area contributed by atoms with Crippen LogP contribution >= 0.6 is 0 Å². The lowest BCUT2D eigenvalue weighted by Gasteiger charge is -2.17. The van der Waals surface area contributed by atoms with Crippen LogP contribution in [0.1, 0.15) is 49.4 Å². The maximum absolute atomic E-state index is 12.6. The molecule has 24 heavy (non-hydrogen) atoms. The number of carbonyl (C=O) groups is 2. The number of rotatable bonds is 8. The summed E-state index contributed by atoms with van der Waals surface area (Å²) >= 11 is 0. The molecule has 5 nitrogen and oxygen atoms in total. The van der Waals surface area contributed by atoms with Crippen LogP contribution in [0.2, 0.25) is 0 Å². The van der Waals surface area contributed by atoms with Crippen molar-refractivity contribution < 1.29 is 14.3 Å². The molecule has 5 heteroatoms. The van der Waals surface area contributed by atoms with E-state index in [2.05, 4.69) is 17.2 Å². The van der Waals surface area contributed by atoms with Crippen molar-refractivity contribution >= 4 is 22.8 Å². The van der Waals surface area contributed by atoms with E-state index in [1.54, 1.807) is 12.3 Å². The number of ether oxygens (including phenoxy) is 1. The first-order valence-electron chi connectivity index (χ1n) is 8.39. The van der Waals surface area contributed by atoms with Crippen LogP contribution in [0.15, 0.2) is 36.5 Å². The van der Waals surface area contributed by atoms with E-state index in [-0.39, 0.29) is 5.91 Å². The lowest BCUT2D eigenvalue weighted by atomic mass is 10.1. The molecule has 0 saturated heterocycles. The maximum Gasteiger partial charge on any atom is 0.328 e. The second-order valence-corrected chi connectivity index (χ2v) is 5.77. The van der Waals surface area contributed by atoms with Crippen molar-refractivity contribution in [2.45, 2.75) is 45.1 Å². The summed E-state index contributed by atoms with van der Waals surface area (Å²) < 4.78 is 4.83. The van der Waals surface area contributed by atoms with E-state index in [4.69, 9.17) is 4.74 Å². The number of hydrogen-bond acceptors (Lipinski definition) is 4. The molecule has 1 amide bonds. The highest BCUT2D eigenvalue weighted by Gasteiger charge is 2.22. The Labute approximate surface area is 142 Å². The first kappa shape index (κ1) is 17.9. The highest BCUT2D eigenvalue weighted by Crippen LogP contribution is 2.16. The van der Waals surface area contributed by atoms with Crippen molar-refractivity contribution in [1.82, 2.24) is 10.3 Å². The molecule has 0 bridgehead atoms. The molecule has 0 fully saturated rings. The normalized spacial score (nSPS) is 11.9. The third-order valence-corrected chi connectivity index (χ3v) is 4.03. The predicted octanol–water partition coefficient (Wildman–Crippen LogP) is 3.48. The fourth-order valence-electron chi connectivity index (χ4n) is 2.70. The Balaban J connectivity index is 2.12. The quantitative estimate of drug-likeness (QED) is 0.595. The number of hydrogen-bond donors (Lipinski definition) is 1. The van der Waals surface area contributed by atoms with Gasteiger partial charge in [-0.1, -0.05) is 50.8 Å². The zero-order valence-corrected chi connectivity index (χ0v) is 14.2. The Morgan fingerprint density at radius 1 is 1.17 bits per heavy atom. The van der Waals surface area contributed by atoms with Crippen LogP contribution in [-0.2, 0) is 9.53 Å². The van der Waals surface area contributed by atoms with Crippen LogP contribution in [0.3, 0.4) is 0 Å². The minimum Gasteiger partial charge on any atom is -0.467 e. The molecular weight excluding hydrogens is 304 g/mol. The minimum absolute atomic E-state index is 0.278. The Bertz CT molecular complexity index is 695. The first-order chi connectivity index (χ1) is 11.7. The van der Waals surface area contributed by atoms with Crippen molar-refractivity contribution in [3.8, 4) is 0 Å². The zero-order chi connectivity index (χ0) is 17.4. The number of unbranched alkanes of at least 4 members (excludes halogenated alkanes) is 3. The third kappa shape index (κ3) is 4.54. The maximum atomic E-state index is 12.6. The number of nitrogens with one attached hydrogen (secondary N) is 1. The van der Waals surface area contributed by atoms with E-state index in [0.717, 1.165) is 36.6 Å². The Morgan fingerprint density at radius 3 is 2.71 bits per heavy atom. The molecule has 1 aromatic carbocycles. The Kier molecular flexibility index (Phi) is 6.73. The molecule has 0 aliphatic rings. The zero-order valence-electron chi connectivity index (χ0n) is 14.2. The van der Waals surface area contributed by atoms with Crippen LogP contribution in [0, 0.1) is 0 Å². The molecule has 0 unspecified atom stereocenters. The number of nitrogens with zero attached hydrogens (tertiary/aromatic N) is 1. The van der Waals surface area contributed by atoms with Gasteiger partial charge in [-0.15, -0.1) is 0 Å². The molecule has 0 radical (unpaired) electrons. The number of esters is 1. The van der Waals surface area contributed by atoms with Gasteiger partial charge in [0.15, 0.2) is 0 Å². The predicted molar refractivity (Wildman–Crippen MR) is 93.8 cm³/mol. The fraction of sp³-hybridized carbons (Fsp3) is 0.421. The monoisotopic (exact) mass is 328 g/mol. The molecule has 2 aromatic rings. The standard InChI is InChI=1S/C19H24N2O3/c1-3-4-5-6-11-17(19(23)24-2)21-18(22)15-12-13-20-16-10-8-7-9-14(15)16/h7-10,12-13,17H,3-6,11H2,1-2H3,(H,21,22)/t17-/m0/s1. The lowest BCUT2D eigenvalue weighted by molar-refractivity contribution is -0.143. The summed E-state index contributed by atoms with van der Waals surface area (Å²) in [6, 6.07) is 8.50. The number of aromatic nitrogens is 1. The number of para-hydroxylation sites is 1. The van der Waals surface area contributed by atoms with Crippen LogP contribution in [0.4, 0.5) is 0 Å². The van der Waals surface area contributed by atoms with Crippen molar-refractivity contribution in [3.05, 3.63) is 42.1 Å².